The predicted molar refractivity (Wildman–Crippen MR) is 92.7 cm³/mol. The number of nitrogens with one attached hydrogen (secondary N) is 2. The second-order valence-corrected chi connectivity index (χ2v) is 4.80. The van der Waals surface area contributed by atoms with Crippen LogP contribution in [0.5, 0.6) is 11.5 Å². The van der Waals surface area contributed by atoms with Gasteiger partial charge in [-0.05, 0) is 31.5 Å². The number of halogens is 1. The molecule has 0 bridgehead atoms. The van der Waals surface area contributed by atoms with E-state index in [1.54, 1.807) is 12.1 Å². The van der Waals surface area contributed by atoms with E-state index in [1.807, 2.05) is 13.8 Å². The van der Waals surface area contributed by atoms with Crippen molar-refractivity contribution in [1.82, 2.24) is 10.7 Å². The average Bonchev–Trinajstić information content (AvgIpc) is 2.55. The number of hydrogen-bond acceptors (Lipinski definition) is 5. The number of hydrazone groups is 1. The van der Waals surface area contributed by atoms with E-state index in [1.165, 1.54) is 12.3 Å². The fourth-order valence-electron chi connectivity index (χ4n) is 1.67. The molecular weight excluding hydrogens is 334 g/mol. The van der Waals surface area contributed by atoms with Gasteiger partial charge in [-0.3, -0.25) is 9.59 Å². The Hall–Kier alpha value is -2.54. The summed E-state index contributed by atoms with van der Waals surface area (Å²) in [6.07, 6.45) is 2.81. The fraction of sp³-hybridized carbons (Fsp3) is 0.312. The van der Waals surface area contributed by atoms with Crippen LogP contribution in [0.4, 0.5) is 0 Å². The molecule has 8 heteroatoms. The zero-order chi connectivity index (χ0) is 17.9. The number of hydrogen-bond donors (Lipinski definition) is 2. The Balaban J connectivity index is 2.81. The highest BCUT2D eigenvalue weighted by molar-refractivity contribution is 6.35. The highest BCUT2D eigenvalue weighted by Gasteiger charge is 2.12. The highest BCUT2D eigenvalue weighted by atomic mass is 35.5. The summed E-state index contributed by atoms with van der Waals surface area (Å²) in [7, 11) is 0. The van der Waals surface area contributed by atoms with E-state index in [9.17, 15) is 9.59 Å². The summed E-state index contributed by atoms with van der Waals surface area (Å²) in [6.45, 7) is 8.20. The number of benzene rings is 1. The maximum Gasteiger partial charge on any atom is 0.329 e. The molecule has 0 aliphatic carbocycles. The molecule has 2 N–H and O–H groups in total. The molecule has 0 aliphatic heterocycles. The van der Waals surface area contributed by atoms with Gasteiger partial charge in [0.25, 0.3) is 0 Å². The Morgan fingerprint density at radius 3 is 2.58 bits per heavy atom. The van der Waals surface area contributed by atoms with Crippen molar-refractivity contribution < 1.29 is 19.1 Å². The molecule has 0 radical (unpaired) electrons. The van der Waals surface area contributed by atoms with Crippen molar-refractivity contribution in [1.29, 1.82) is 0 Å². The van der Waals surface area contributed by atoms with Gasteiger partial charge in [0.15, 0.2) is 11.5 Å². The summed E-state index contributed by atoms with van der Waals surface area (Å²) in [6, 6.07) is 3.29. The lowest BCUT2D eigenvalue weighted by Crippen LogP contribution is -2.37. The van der Waals surface area contributed by atoms with E-state index in [-0.39, 0.29) is 6.54 Å². The van der Waals surface area contributed by atoms with Gasteiger partial charge in [-0.15, -0.1) is 6.58 Å². The first-order chi connectivity index (χ1) is 11.5. The maximum absolute atomic E-state index is 11.5. The summed E-state index contributed by atoms with van der Waals surface area (Å²) < 4.78 is 10.9. The summed E-state index contributed by atoms with van der Waals surface area (Å²) in [4.78, 5) is 22.8. The van der Waals surface area contributed by atoms with Crippen LogP contribution >= 0.6 is 11.6 Å². The molecule has 0 aromatic heterocycles. The second kappa shape index (κ2) is 10.3. The van der Waals surface area contributed by atoms with E-state index in [0.717, 1.165) is 0 Å². The maximum atomic E-state index is 11.5. The van der Waals surface area contributed by atoms with Crippen molar-refractivity contribution in [3.8, 4) is 11.5 Å². The standard InChI is InChI=1S/C16H20ClN3O4/c1-4-7-18-15(21)16(22)20-19-10-11-8-12(17)14(24-6-3)13(9-11)23-5-2/h4,8-10H,1,5-7H2,2-3H3,(H,18,21)(H,20,22)/b19-10-. The summed E-state index contributed by atoms with van der Waals surface area (Å²) in [5.74, 6) is -0.753. The Kier molecular flexibility index (Phi) is 8.35. The normalized spacial score (nSPS) is 10.3. The molecule has 24 heavy (non-hydrogen) atoms. The fourth-order valence-corrected chi connectivity index (χ4v) is 1.94. The van der Waals surface area contributed by atoms with Crippen molar-refractivity contribution in [2.45, 2.75) is 13.8 Å². The van der Waals surface area contributed by atoms with E-state index < -0.39 is 11.8 Å². The summed E-state index contributed by atoms with van der Waals surface area (Å²) in [5.41, 5.74) is 2.70. The van der Waals surface area contributed by atoms with Crippen LogP contribution < -0.4 is 20.2 Å². The molecule has 0 saturated heterocycles. The van der Waals surface area contributed by atoms with Crippen LogP contribution in [-0.4, -0.2) is 37.8 Å². The van der Waals surface area contributed by atoms with Gasteiger partial charge in [-0.2, -0.15) is 5.10 Å². The van der Waals surface area contributed by atoms with Crippen LogP contribution in [0.15, 0.2) is 29.9 Å². The molecule has 1 rings (SSSR count). The lowest BCUT2D eigenvalue weighted by Gasteiger charge is -2.13. The average molecular weight is 354 g/mol. The van der Waals surface area contributed by atoms with Crippen LogP contribution in [0.1, 0.15) is 19.4 Å². The molecule has 2 amide bonds. The van der Waals surface area contributed by atoms with Crippen LogP contribution in [0.25, 0.3) is 0 Å². The van der Waals surface area contributed by atoms with E-state index >= 15 is 0 Å². The van der Waals surface area contributed by atoms with E-state index in [4.69, 9.17) is 21.1 Å². The number of amides is 2. The monoisotopic (exact) mass is 353 g/mol. The smallest absolute Gasteiger partial charge is 0.329 e. The van der Waals surface area contributed by atoms with Gasteiger partial charge in [-0.25, -0.2) is 5.43 Å². The largest absolute Gasteiger partial charge is 0.490 e. The topological polar surface area (TPSA) is 89.0 Å². The minimum atomic E-state index is -0.879. The van der Waals surface area contributed by atoms with Crippen LogP contribution in [-0.2, 0) is 9.59 Å². The third-order valence-corrected chi connectivity index (χ3v) is 2.89. The highest BCUT2D eigenvalue weighted by Crippen LogP contribution is 2.36. The van der Waals surface area contributed by atoms with Gasteiger partial charge in [0.05, 0.1) is 24.5 Å². The lowest BCUT2D eigenvalue weighted by atomic mass is 10.2. The summed E-state index contributed by atoms with van der Waals surface area (Å²) >= 11 is 6.17. The van der Waals surface area contributed by atoms with Crippen molar-refractivity contribution in [2.24, 2.45) is 5.10 Å². The number of ether oxygens (including phenoxy) is 2. The molecular formula is C16H20ClN3O4. The molecule has 0 atom stereocenters. The minimum absolute atomic E-state index is 0.197. The lowest BCUT2D eigenvalue weighted by molar-refractivity contribution is -0.139. The van der Waals surface area contributed by atoms with E-state index in [0.29, 0.717) is 35.3 Å². The zero-order valence-corrected chi connectivity index (χ0v) is 14.4. The number of rotatable bonds is 8. The molecule has 0 unspecified atom stereocenters. The third-order valence-electron chi connectivity index (χ3n) is 2.61. The van der Waals surface area contributed by atoms with Gasteiger partial charge in [0.1, 0.15) is 0 Å². The molecule has 1 aromatic carbocycles. The Bertz CT molecular complexity index is 632. The van der Waals surface area contributed by atoms with Crippen molar-refractivity contribution in [3.05, 3.63) is 35.4 Å². The third kappa shape index (κ3) is 5.92. The van der Waals surface area contributed by atoms with Crippen molar-refractivity contribution in [2.75, 3.05) is 19.8 Å². The molecule has 1 aromatic rings. The predicted octanol–water partition coefficient (Wildman–Crippen LogP) is 1.89. The molecule has 0 aliphatic rings. The zero-order valence-electron chi connectivity index (χ0n) is 13.6. The van der Waals surface area contributed by atoms with Gasteiger partial charge in [0, 0.05) is 6.54 Å². The number of carbonyl (C=O) groups is 2. The van der Waals surface area contributed by atoms with Gasteiger partial charge < -0.3 is 14.8 Å². The van der Waals surface area contributed by atoms with Crippen LogP contribution in [0.2, 0.25) is 5.02 Å². The molecule has 0 saturated carbocycles. The van der Waals surface area contributed by atoms with Gasteiger partial charge in [0.2, 0.25) is 0 Å². The first-order valence-corrected chi connectivity index (χ1v) is 7.72. The Morgan fingerprint density at radius 1 is 1.25 bits per heavy atom. The van der Waals surface area contributed by atoms with E-state index in [2.05, 4.69) is 22.4 Å². The molecule has 0 spiro atoms. The molecule has 0 fully saturated rings. The quantitative estimate of drug-likeness (QED) is 0.323. The number of nitrogens with zero attached hydrogens (tertiary/aromatic N) is 1. The SMILES string of the molecule is C=CCNC(=O)C(=O)N/N=C\c1cc(Cl)c(OCC)c(OCC)c1. The molecule has 130 valence electrons. The molecule has 7 nitrogen and oxygen atoms in total. The first kappa shape index (κ1) is 19.5. The Morgan fingerprint density at radius 2 is 1.96 bits per heavy atom. The van der Waals surface area contributed by atoms with Crippen molar-refractivity contribution >= 4 is 29.6 Å². The summed E-state index contributed by atoms with van der Waals surface area (Å²) in [5, 5.41) is 6.42. The van der Waals surface area contributed by atoms with Crippen molar-refractivity contribution in [3.63, 3.8) is 0 Å². The minimum Gasteiger partial charge on any atom is -0.490 e. The van der Waals surface area contributed by atoms with Crippen LogP contribution in [0.3, 0.4) is 0 Å². The first-order valence-electron chi connectivity index (χ1n) is 7.34. The Labute approximate surface area is 145 Å². The van der Waals surface area contributed by atoms with Crippen LogP contribution in [0, 0.1) is 0 Å². The number of carbonyl (C=O) groups excluding carboxylic acids is 2. The molecule has 0 heterocycles. The van der Waals surface area contributed by atoms with Gasteiger partial charge in [-0.1, -0.05) is 17.7 Å². The van der Waals surface area contributed by atoms with Gasteiger partial charge >= 0.3 is 11.8 Å². The second-order valence-electron chi connectivity index (χ2n) is 4.39.